The van der Waals surface area contributed by atoms with Crippen molar-refractivity contribution >= 4 is 21.6 Å². The number of nitrogens with zero attached hydrogens (tertiary/aromatic N) is 1. The zero-order chi connectivity index (χ0) is 20.9. The van der Waals surface area contributed by atoms with Gasteiger partial charge in [-0.25, -0.2) is 12.8 Å². The number of amides is 1. The fourth-order valence-corrected chi connectivity index (χ4v) is 4.59. The van der Waals surface area contributed by atoms with Crippen molar-refractivity contribution in [3.8, 4) is 0 Å². The SMILES string of the molecule is CC(C)C(NC(=O)CN(c1ccccc1F)S(=O)(=O)c1ccccc1)C(C)C. The molecule has 0 bridgehead atoms. The first kappa shape index (κ1) is 21.9. The molecule has 152 valence electrons. The van der Waals surface area contributed by atoms with E-state index in [1.165, 1.54) is 36.4 Å². The average molecular weight is 407 g/mol. The van der Waals surface area contributed by atoms with Gasteiger partial charge in [-0.3, -0.25) is 9.10 Å². The maximum atomic E-state index is 14.4. The molecule has 5 nitrogen and oxygen atoms in total. The van der Waals surface area contributed by atoms with Gasteiger partial charge in [0, 0.05) is 6.04 Å². The Morgan fingerprint density at radius 2 is 1.50 bits per heavy atom. The van der Waals surface area contributed by atoms with Crippen LogP contribution in [0.15, 0.2) is 59.5 Å². The number of para-hydroxylation sites is 1. The maximum Gasteiger partial charge on any atom is 0.264 e. The van der Waals surface area contributed by atoms with Gasteiger partial charge in [0.2, 0.25) is 5.91 Å². The molecule has 2 aromatic carbocycles. The number of carbonyl (C=O) groups is 1. The zero-order valence-electron chi connectivity index (χ0n) is 16.6. The lowest BCUT2D eigenvalue weighted by atomic mass is 9.93. The van der Waals surface area contributed by atoms with E-state index in [1.54, 1.807) is 18.2 Å². The van der Waals surface area contributed by atoms with Gasteiger partial charge in [-0.1, -0.05) is 58.0 Å². The lowest BCUT2D eigenvalue weighted by molar-refractivity contribution is -0.121. The van der Waals surface area contributed by atoms with Crippen LogP contribution in [-0.4, -0.2) is 26.9 Å². The first-order valence-electron chi connectivity index (χ1n) is 9.26. The molecule has 0 aliphatic heterocycles. The van der Waals surface area contributed by atoms with E-state index in [0.29, 0.717) is 0 Å². The molecule has 0 saturated carbocycles. The van der Waals surface area contributed by atoms with Gasteiger partial charge in [0.15, 0.2) is 0 Å². The van der Waals surface area contributed by atoms with Gasteiger partial charge < -0.3 is 5.32 Å². The van der Waals surface area contributed by atoms with E-state index in [1.807, 2.05) is 27.7 Å². The standard InChI is InChI=1S/C21H27FN2O3S/c1-15(2)21(16(3)4)23-20(25)14-24(19-13-9-8-12-18(19)22)28(26,27)17-10-6-5-7-11-17/h5-13,15-16,21H,14H2,1-4H3,(H,23,25). The molecular weight excluding hydrogens is 379 g/mol. The number of hydrogen-bond acceptors (Lipinski definition) is 3. The lowest BCUT2D eigenvalue weighted by Gasteiger charge is -2.29. The Morgan fingerprint density at radius 1 is 0.964 bits per heavy atom. The van der Waals surface area contributed by atoms with Crippen LogP contribution in [-0.2, 0) is 14.8 Å². The molecule has 2 rings (SSSR count). The monoisotopic (exact) mass is 406 g/mol. The van der Waals surface area contributed by atoms with Crippen LogP contribution in [0.5, 0.6) is 0 Å². The molecule has 0 saturated heterocycles. The minimum Gasteiger partial charge on any atom is -0.351 e. The second-order valence-electron chi connectivity index (χ2n) is 7.36. The van der Waals surface area contributed by atoms with Crippen molar-refractivity contribution in [3.05, 3.63) is 60.4 Å². The molecule has 0 aromatic heterocycles. The summed E-state index contributed by atoms with van der Waals surface area (Å²) in [4.78, 5) is 12.7. The smallest absolute Gasteiger partial charge is 0.264 e. The molecular formula is C21H27FN2O3S. The molecule has 1 N–H and O–H groups in total. The van der Waals surface area contributed by atoms with Crippen LogP contribution in [0, 0.1) is 17.7 Å². The van der Waals surface area contributed by atoms with Crippen LogP contribution < -0.4 is 9.62 Å². The fourth-order valence-electron chi connectivity index (χ4n) is 3.14. The second-order valence-corrected chi connectivity index (χ2v) is 9.22. The first-order chi connectivity index (χ1) is 13.1. The number of benzene rings is 2. The van der Waals surface area contributed by atoms with Crippen LogP contribution in [0.4, 0.5) is 10.1 Å². The first-order valence-corrected chi connectivity index (χ1v) is 10.7. The topological polar surface area (TPSA) is 66.5 Å². The van der Waals surface area contributed by atoms with E-state index in [0.717, 1.165) is 4.31 Å². The number of halogens is 1. The summed E-state index contributed by atoms with van der Waals surface area (Å²) in [5.41, 5.74) is -0.160. The Morgan fingerprint density at radius 3 is 2.04 bits per heavy atom. The van der Waals surface area contributed by atoms with E-state index in [-0.39, 0.29) is 28.5 Å². The highest BCUT2D eigenvalue weighted by Gasteiger charge is 2.30. The van der Waals surface area contributed by atoms with Crippen LogP contribution in [0.25, 0.3) is 0 Å². The van der Waals surface area contributed by atoms with Crippen molar-refractivity contribution in [3.63, 3.8) is 0 Å². The fraction of sp³-hybridized carbons (Fsp3) is 0.381. The molecule has 0 spiro atoms. The van der Waals surface area contributed by atoms with Crippen molar-refractivity contribution < 1.29 is 17.6 Å². The van der Waals surface area contributed by atoms with Crippen molar-refractivity contribution in [2.24, 2.45) is 11.8 Å². The third-order valence-electron chi connectivity index (χ3n) is 4.50. The third-order valence-corrected chi connectivity index (χ3v) is 6.28. The molecule has 1 amide bonds. The summed E-state index contributed by atoms with van der Waals surface area (Å²) in [7, 11) is -4.12. The van der Waals surface area contributed by atoms with E-state index in [2.05, 4.69) is 5.32 Å². The van der Waals surface area contributed by atoms with Crippen LogP contribution >= 0.6 is 0 Å². The van der Waals surface area contributed by atoms with Gasteiger partial charge in [0.25, 0.3) is 10.0 Å². The van der Waals surface area contributed by atoms with Gasteiger partial charge in [-0.05, 0) is 36.1 Å². The molecule has 0 unspecified atom stereocenters. The lowest BCUT2D eigenvalue weighted by Crippen LogP contribution is -2.48. The number of sulfonamides is 1. The number of hydrogen-bond donors (Lipinski definition) is 1. The molecule has 0 radical (unpaired) electrons. The number of anilines is 1. The molecule has 0 atom stereocenters. The quantitative estimate of drug-likeness (QED) is 0.725. The van der Waals surface area contributed by atoms with Crippen LogP contribution in [0.2, 0.25) is 0 Å². The Hall–Kier alpha value is -2.41. The number of nitrogens with one attached hydrogen (secondary N) is 1. The minimum absolute atomic E-state index is 0.00433. The van der Waals surface area contributed by atoms with Gasteiger partial charge in [-0.2, -0.15) is 0 Å². The van der Waals surface area contributed by atoms with Crippen molar-refractivity contribution in [2.45, 2.75) is 38.6 Å². The van der Waals surface area contributed by atoms with Gasteiger partial charge in [0.1, 0.15) is 12.4 Å². The summed E-state index contributed by atoms with van der Waals surface area (Å²) >= 11 is 0. The Labute approximate surface area is 166 Å². The predicted molar refractivity (Wildman–Crippen MR) is 109 cm³/mol. The van der Waals surface area contributed by atoms with Crippen LogP contribution in [0.3, 0.4) is 0 Å². The largest absolute Gasteiger partial charge is 0.351 e. The highest BCUT2D eigenvalue weighted by molar-refractivity contribution is 7.92. The highest BCUT2D eigenvalue weighted by Crippen LogP contribution is 2.26. The van der Waals surface area contributed by atoms with E-state index in [4.69, 9.17) is 0 Å². The number of carbonyl (C=O) groups excluding carboxylic acids is 1. The van der Waals surface area contributed by atoms with Gasteiger partial charge in [0.05, 0.1) is 10.6 Å². The highest BCUT2D eigenvalue weighted by atomic mass is 32.2. The van der Waals surface area contributed by atoms with Crippen molar-refractivity contribution in [2.75, 3.05) is 10.8 Å². The van der Waals surface area contributed by atoms with E-state index >= 15 is 0 Å². The molecule has 0 fully saturated rings. The Kier molecular flexibility index (Phi) is 7.18. The summed E-state index contributed by atoms with van der Waals surface area (Å²) in [5.74, 6) is -0.831. The van der Waals surface area contributed by atoms with Crippen molar-refractivity contribution in [1.29, 1.82) is 0 Å². The maximum absolute atomic E-state index is 14.4. The second kappa shape index (κ2) is 9.19. The molecule has 28 heavy (non-hydrogen) atoms. The molecule has 2 aromatic rings. The van der Waals surface area contributed by atoms with E-state index < -0.39 is 28.3 Å². The Bertz CT molecular complexity index is 891. The summed E-state index contributed by atoms with van der Waals surface area (Å²) < 4.78 is 41.5. The summed E-state index contributed by atoms with van der Waals surface area (Å²) in [6.07, 6.45) is 0. The summed E-state index contributed by atoms with van der Waals surface area (Å²) in [6.45, 7) is 7.44. The Balaban J connectivity index is 2.40. The normalized spacial score (nSPS) is 11.9. The van der Waals surface area contributed by atoms with Crippen molar-refractivity contribution in [1.82, 2.24) is 5.32 Å². The minimum atomic E-state index is -4.12. The number of rotatable bonds is 8. The summed E-state index contributed by atoms with van der Waals surface area (Å²) in [5, 5.41) is 2.89. The molecule has 0 heterocycles. The average Bonchev–Trinajstić information content (AvgIpc) is 2.65. The zero-order valence-corrected chi connectivity index (χ0v) is 17.4. The van der Waals surface area contributed by atoms with Gasteiger partial charge >= 0.3 is 0 Å². The summed E-state index contributed by atoms with van der Waals surface area (Å²) in [6, 6.07) is 13.1. The van der Waals surface area contributed by atoms with Crippen LogP contribution in [0.1, 0.15) is 27.7 Å². The van der Waals surface area contributed by atoms with Gasteiger partial charge in [-0.15, -0.1) is 0 Å². The molecule has 0 aliphatic carbocycles. The predicted octanol–water partition coefficient (Wildman–Crippen LogP) is 3.82. The molecule has 7 heteroatoms. The third kappa shape index (κ3) is 5.10. The molecule has 0 aliphatic rings. The van der Waals surface area contributed by atoms with E-state index in [9.17, 15) is 17.6 Å².